The zero-order chi connectivity index (χ0) is 21.4. The molecule has 2 saturated heterocycles. The van der Waals surface area contributed by atoms with E-state index in [0.29, 0.717) is 23.7 Å². The minimum atomic E-state index is -0.718. The first kappa shape index (κ1) is 20.9. The predicted molar refractivity (Wildman–Crippen MR) is 116 cm³/mol. The van der Waals surface area contributed by atoms with Gasteiger partial charge in [0.2, 0.25) is 0 Å². The lowest BCUT2D eigenvalue weighted by Crippen LogP contribution is -2.36. The number of halogens is 2. The number of amides is 1. The molecule has 2 atom stereocenters. The fourth-order valence-corrected chi connectivity index (χ4v) is 4.39. The summed E-state index contributed by atoms with van der Waals surface area (Å²) >= 11 is 12.1. The lowest BCUT2D eigenvalue weighted by Gasteiger charge is -2.28. The lowest BCUT2D eigenvalue weighted by atomic mass is 9.92. The third kappa shape index (κ3) is 3.73. The van der Waals surface area contributed by atoms with E-state index < -0.39 is 17.7 Å². The molecule has 156 valence electrons. The number of ether oxygens (including phenoxy) is 1. The van der Waals surface area contributed by atoms with Crippen LogP contribution in [0.4, 0.5) is 0 Å². The summed E-state index contributed by atoms with van der Waals surface area (Å²) < 4.78 is 5.71. The Kier molecular flexibility index (Phi) is 5.87. The average Bonchev–Trinajstić information content (AvgIpc) is 3.32. The second-order valence-electron chi connectivity index (χ2n) is 7.57. The van der Waals surface area contributed by atoms with Gasteiger partial charge in [0.05, 0.1) is 27.8 Å². The molecule has 2 aliphatic rings. The number of aliphatic hydroxyl groups is 1. The van der Waals surface area contributed by atoms with Crippen molar-refractivity contribution < 1.29 is 19.4 Å². The summed E-state index contributed by atoms with van der Waals surface area (Å²) in [5.41, 5.74) is 2.09. The molecule has 5 nitrogen and oxygen atoms in total. The van der Waals surface area contributed by atoms with Gasteiger partial charge in [-0.25, -0.2) is 0 Å². The quantitative estimate of drug-likeness (QED) is 0.412. The third-order valence-corrected chi connectivity index (χ3v) is 6.38. The Morgan fingerprint density at radius 1 is 1.17 bits per heavy atom. The Morgan fingerprint density at radius 3 is 2.60 bits per heavy atom. The van der Waals surface area contributed by atoms with Gasteiger partial charge in [0.25, 0.3) is 11.7 Å². The van der Waals surface area contributed by atoms with Crippen LogP contribution in [0.2, 0.25) is 10.0 Å². The van der Waals surface area contributed by atoms with E-state index in [4.69, 9.17) is 27.9 Å². The van der Waals surface area contributed by atoms with Crippen LogP contribution in [-0.2, 0) is 14.3 Å². The van der Waals surface area contributed by atoms with Crippen molar-refractivity contribution >= 4 is 40.7 Å². The summed E-state index contributed by atoms with van der Waals surface area (Å²) in [6.45, 7) is 2.86. The number of aliphatic hydroxyl groups excluding tert-OH is 1. The topological polar surface area (TPSA) is 66.8 Å². The maximum atomic E-state index is 13.0. The van der Waals surface area contributed by atoms with E-state index in [2.05, 4.69) is 0 Å². The Bertz CT molecular complexity index is 1040. The van der Waals surface area contributed by atoms with Crippen LogP contribution >= 0.6 is 23.2 Å². The summed E-state index contributed by atoms with van der Waals surface area (Å²) in [6.07, 6.45) is 1.63. The number of aryl methyl sites for hydroxylation is 1. The predicted octanol–water partition coefficient (Wildman–Crippen LogP) is 4.90. The highest BCUT2D eigenvalue weighted by atomic mass is 35.5. The van der Waals surface area contributed by atoms with E-state index in [1.165, 1.54) is 11.0 Å². The van der Waals surface area contributed by atoms with Gasteiger partial charge in [0, 0.05) is 18.7 Å². The van der Waals surface area contributed by atoms with Crippen LogP contribution in [0.1, 0.15) is 35.6 Å². The zero-order valence-corrected chi connectivity index (χ0v) is 17.9. The molecule has 4 rings (SSSR count). The van der Waals surface area contributed by atoms with Gasteiger partial charge in [0.15, 0.2) is 0 Å². The van der Waals surface area contributed by atoms with E-state index in [-0.39, 0.29) is 22.5 Å². The molecule has 2 fully saturated rings. The minimum Gasteiger partial charge on any atom is -0.507 e. The van der Waals surface area contributed by atoms with Gasteiger partial charge >= 0.3 is 0 Å². The Balaban J connectivity index is 1.86. The number of carbonyl (C=O) groups excluding carboxylic acids is 2. The van der Waals surface area contributed by atoms with E-state index in [0.717, 1.165) is 24.0 Å². The number of rotatable bonds is 4. The first-order valence-corrected chi connectivity index (χ1v) is 10.5. The van der Waals surface area contributed by atoms with Crippen molar-refractivity contribution in [3.05, 3.63) is 74.8 Å². The average molecular weight is 446 g/mol. The summed E-state index contributed by atoms with van der Waals surface area (Å²) in [7, 11) is 0. The van der Waals surface area contributed by atoms with E-state index in [1.54, 1.807) is 12.1 Å². The molecule has 2 unspecified atom stereocenters. The highest BCUT2D eigenvalue weighted by molar-refractivity contribution is 6.47. The molecular formula is C23H21Cl2NO4. The molecular weight excluding hydrogens is 425 g/mol. The Hall–Kier alpha value is -2.34. The molecule has 1 N–H and O–H groups in total. The number of nitrogens with zero attached hydrogens (tertiary/aromatic N) is 1. The Labute approximate surface area is 184 Å². The molecule has 7 heteroatoms. The molecule has 0 radical (unpaired) electrons. The SMILES string of the molecule is Cc1ccccc1C1/C(=C(\O)c2ccc(Cl)c(Cl)c2)C(=O)C(=O)N1CC1CCCO1. The standard InChI is InChI=1S/C23H21Cl2NO4/c1-13-5-2-3-7-16(13)20-19(21(27)14-8-9-17(24)18(25)11-14)22(28)23(29)26(20)12-15-6-4-10-30-15/h2-3,5,7-9,11,15,20,27H,4,6,10,12H2,1H3/b21-19+. The highest BCUT2D eigenvalue weighted by Gasteiger charge is 2.47. The number of hydrogen-bond acceptors (Lipinski definition) is 4. The molecule has 0 aliphatic carbocycles. The van der Waals surface area contributed by atoms with Gasteiger partial charge in [-0.1, -0.05) is 47.5 Å². The molecule has 1 amide bonds. The first-order valence-electron chi connectivity index (χ1n) is 9.79. The summed E-state index contributed by atoms with van der Waals surface area (Å²) in [6, 6.07) is 11.4. The van der Waals surface area contributed by atoms with Crippen molar-refractivity contribution in [2.24, 2.45) is 0 Å². The van der Waals surface area contributed by atoms with Crippen LogP contribution in [0.15, 0.2) is 48.0 Å². The molecule has 2 heterocycles. The lowest BCUT2D eigenvalue weighted by molar-refractivity contribution is -0.140. The van der Waals surface area contributed by atoms with Crippen molar-refractivity contribution in [2.75, 3.05) is 13.2 Å². The zero-order valence-electron chi connectivity index (χ0n) is 16.4. The molecule has 2 aromatic carbocycles. The fourth-order valence-electron chi connectivity index (χ4n) is 4.09. The van der Waals surface area contributed by atoms with Crippen molar-refractivity contribution in [1.82, 2.24) is 4.90 Å². The van der Waals surface area contributed by atoms with Crippen LogP contribution in [0.5, 0.6) is 0 Å². The van der Waals surface area contributed by atoms with Gasteiger partial charge < -0.3 is 14.7 Å². The van der Waals surface area contributed by atoms with E-state index in [1.807, 2.05) is 31.2 Å². The van der Waals surface area contributed by atoms with Crippen molar-refractivity contribution in [3.63, 3.8) is 0 Å². The van der Waals surface area contributed by atoms with Gasteiger partial charge in [-0.15, -0.1) is 0 Å². The van der Waals surface area contributed by atoms with Crippen LogP contribution < -0.4 is 0 Å². The monoisotopic (exact) mass is 445 g/mol. The number of hydrogen-bond donors (Lipinski definition) is 1. The number of ketones is 1. The van der Waals surface area contributed by atoms with Gasteiger partial charge in [0.1, 0.15) is 5.76 Å². The summed E-state index contributed by atoms with van der Waals surface area (Å²) in [5, 5.41) is 11.7. The fraction of sp³-hybridized carbons (Fsp3) is 0.304. The highest BCUT2D eigenvalue weighted by Crippen LogP contribution is 2.41. The van der Waals surface area contributed by atoms with Crippen molar-refractivity contribution in [1.29, 1.82) is 0 Å². The number of benzene rings is 2. The van der Waals surface area contributed by atoms with Crippen LogP contribution in [-0.4, -0.2) is 41.0 Å². The number of Topliss-reactive ketones (excluding diaryl/α,β-unsaturated/α-hetero) is 1. The normalized spacial score (nSPS) is 23.4. The third-order valence-electron chi connectivity index (χ3n) is 5.64. The molecule has 2 aliphatic heterocycles. The van der Waals surface area contributed by atoms with Gasteiger partial charge in [-0.05, 0) is 49.1 Å². The molecule has 0 bridgehead atoms. The first-order chi connectivity index (χ1) is 14.4. The molecule has 0 spiro atoms. The second kappa shape index (κ2) is 8.42. The van der Waals surface area contributed by atoms with Gasteiger partial charge in [-0.3, -0.25) is 9.59 Å². The van der Waals surface area contributed by atoms with Crippen molar-refractivity contribution in [3.8, 4) is 0 Å². The summed E-state index contributed by atoms with van der Waals surface area (Å²) in [5.74, 6) is -1.62. The van der Waals surface area contributed by atoms with Crippen molar-refractivity contribution in [2.45, 2.75) is 31.9 Å². The Morgan fingerprint density at radius 2 is 1.93 bits per heavy atom. The maximum Gasteiger partial charge on any atom is 0.295 e. The minimum absolute atomic E-state index is 0.0469. The van der Waals surface area contributed by atoms with Crippen LogP contribution in [0.3, 0.4) is 0 Å². The maximum absolute atomic E-state index is 13.0. The smallest absolute Gasteiger partial charge is 0.295 e. The number of likely N-dealkylation sites (tertiary alicyclic amines) is 1. The van der Waals surface area contributed by atoms with Gasteiger partial charge in [-0.2, -0.15) is 0 Å². The second-order valence-corrected chi connectivity index (χ2v) is 8.39. The number of carbonyl (C=O) groups is 2. The molecule has 0 saturated carbocycles. The van der Waals surface area contributed by atoms with Crippen LogP contribution in [0, 0.1) is 6.92 Å². The molecule has 0 aromatic heterocycles. The van der Waals surface area contributed by atoms with Crippen LogP contribution in [0.25, 0.3) is 5.76 Å². The van der Waals surface area contributed by atoms with E-state index in [9.17, 15) is 14.7 Å². The van der Waals surface area contributed by atoms with E-state index >= 15 is 0 Å². The molecule has 2 aromatic rings. The summed E-state index contributed by atoms with van der Waals surface area (Å²) in [4.78, 5) is 27.5. The molecule has 30 heavy (non-hydrogen) atoms. The largest absolute Gasteiger partial charge is 0.507 e.